The zero-order valence-electron chi connectivity index (χ0n) is 8.55. The van der Waals surface area contributed by atoms with Crippen molar-refractivity contribution in [2.75, 3.05) is 6.54 Å². The Balaban J connectivity index is 2.92. The van der Waals surface area contributed by atoms with Gasteiger partial charge in [0.05, 0.1) is 5.02 Å². The highest BCUT2D eigenvalue weighted by Gasteiger charge is 2.18. The third-order valence-corrected chi connectivity index (χ3v) is 2.60. The predicted molar refractivity (Wildman–Crippen MR) is 59.7 cm³/mol. The highest BCUT2D eigenvalue weighted by molar-refractivity contribution is 6.32. The van der Waals surface area contributed by atoms with Gasteiger partial charge in [-0.2, -0.15) is 0 Å². The Morgan fingerprint density at radius 1 is 1.43 bits per heavy atom. The van der Waals surface area contributed by atoms with Gasteiger partial charge in [0.1, 0.15) is 5.75 Å². The molecule has 1 aromatic carbocycles. The van der Waals surface area contributed by atoms with Crippen molar-refractivity contribution < 1.29 is 5.11 Å². The van der Waals surface area contributed by atoms with E-state index >= 15 is 0 Å². The Bertz CT molecular complexity index is 323. The molecular weight excluding hydrogens is 198 g/mol. The summed E-state index contributed by atoms with van der Waals surface area (Å²) in [6, 6.07) is 5.39. The first-order valence-corrected chi connectivity index (χ1v) is 5.00. The molecule has 0 atom stereocenters. The molecule has 78 valence electrons. The second-order valence-corrected chi connectivity index (χ2v) is 4.70. The lowest BCUT2D eigenvalue weighted by Crippen LogP contribution is -2.25. The SMILES string of the molecule is CC(C)(CN)Cc1cccc(Cl)c1O. The van der Waals surface area contributed by atoms with Crippen LogP contribution in [-0.4, -0.2) is 11.7 Å². The van der Waals surface area contributed by atoms with E-state index in [1.54, 1.807) is 6.07 Å². The van der Waals surface area contributed by atoms with Gasteiger partial charge in [-0.25, -0.2) is 0 Å². The molecule has 0 unspecified atom stereocenters. The summed E-state index contributed by atoms with van der Waals surface area (Å²) in [4.78, 5) is 0. The van der Waals surface area contributed by atoms with Crippen LogP contribution in [-0.2, 0) is 6.42 Å². The van der Waals surface area contributed by atoms with E-state index in [0.717, 1.165) is 12.0 Å². The van der Waals surface area contributed by atoms with Crippen molar-refractivity contribution in [2.45, 2.75) is 20.3 Å². The van der Waals surface area contributed by atoms with Crippen molar-refractivity contribution >= 4 is 11.6 Å². The fraction of sp³-hybridized carbons (Fsp3) is 0.455. The van der Waals surface area contributed by atoms with Gasteiger partial charge in [-0.3, -0.25) is 0 Å². The molecule has 0 aliphatic rings. The molecule has 1 rings (SSSR count). The Morgan fingerprint density at radius 2 is 2.07 bits per heavy atom. The molecular formula is C11H16ClNO. The summed E-state index contributed by atoms with van der Waals surface area (Å²) in [5, 5.41) is 10.1. The average Bonchev–Trinajstić information content (AvgIpc) is 2.13. The molecule has 0 bridgehead atoms. The van der Waals surface area contributed by atoms with Crippen molar-refractivity contribution in [1.29, 1.82) is 0 Å². The minimum absolute atomic E-state index is 0.0117. The monoisotopic (exact) mass is 213 g/mol. The van der Waals surface area contributed by atoms with E-state index in [4.69, 9.17) is 17.3 Å². The third-order valence-electron chi connectivity index (χ3n) is 2.29. The van der Waals surface area contributed by atoms with Crippen LogP contribution in [0.5, 0.6) is 5.75 Å². The Kier molecular flexibility index (Phi) is 3.40. The van der Waals surface area contributed by atoms with Crippen molar-refractivity contribution in [2.24, 2.45) is 11.1 Å². The first-order valence-electron chi connectivity index (χ1n) is 4.63. The predicted octanol–water partition coefficient (Wildman–Crippen LogP) is 2.57. The molecule has 2 nitrogen and oxygen atoms in total. The number of hydrogen-bond donors (Lipinski definition) is 2. The maximum absolute atomic E-state index is 9.68. The van der Waals surface area contributed by atoms with Crippen molar-refractivity contribution in [3.63, 3.8) is 0 Å². The van der Waals surface area contributed by atoms with Crippen molar-refractivity contribution in [1.82, 2.24) is 0 Å². The number of phenolic OH excluding ortho intramolecular Hbond substituents is 1. The molecule has 0 heterocycles. The van der Waals surface area contributed by atoms with Crippen LogP contribution in [0.2, 0.25) is 5.02 Å². The molecule has 0 amide bonds. The molecule has 0 radical (unpaired) electrons. The summed E-state index contributed by atoms with van der Waals surface area (Å²) in [7, 11) is 0. The lowest BCUT2D eigenvalue weighted by atomic mass is 9.86. The Morgan fingerprint density at radius 3 is 2.64 bits per heavy atom. The minimum Gasteiger partial charge on any atom is -0.506 e. The van der Waals surface area contributed by atoms with Gasteiger partial charge in [0.25, 0.3) is 0 Å². The fourth-order valence-electron chi connectivity index (χ4n) is 1.29. The average molecular weight is 214 g/mol. The highest BCUT2D eigenvalue weighted by Crippen LogP contribution is 2.31. The van der Waals surface area contributed by atoms with Gasteiger partial charge in [0.15, 0.2) is 0 Å². The first-order chi connectivity index (χ1) is 6.46. The van der Waals surface area contributed by atoms with Gasteiger partial charge in [-0.15, -0.1) is 0 Å². The fourth-order valence-corrected chi connectivity index (χ4v) is 1.48. The molecule has 3 N–H and O–H groups in total. The number of benzene rings is 1. The maximum Gasteiger partial charge on any atom is 0.137 e. The molecule has 3 heteroatoms. The third kappa shape index (κ3) is 2.63. The van der Waals surface area contributed by atoms with Crippen LogP contribution in [0.25, 0.3) is 0 Å². The molecule has 0 saturated heterocycles. The van der Waals surface area contributed by atoms with Crippen molar-refractivity contribution in [3.05, 3.63) is 28.8 Å². The van der Waals surface area contributed by atoms with Gasteiger partial charge in [-0.05, 0) is 30.0 Å². The summed E-state index contributed by atoms with van der Waals surface area (Å²) < 4.78 is 0. The quantitative estimate of drug-likeness (QED) is 0.811. The number of hydrogen-bond acceptors (Lipinski definition) is 2. The molecule has 0 saturated carbocycles. The summed E-state index contributed by atoms with van der Waals surface area (Å²) in [5.74, 6) is 0.177. The van der Waals surface area contributed by atoms with Crippen LogP contribution in [0.1, 0.15) is 19.4 Å². The van der Waals surface area contributed by atoms with Crippen LogP contribution in [0.3, 0.4) is 0 Å². The largest absolute Gasteiger partial charge is 0.506 e. The van der Waals surface area contributed by atoms with E-state index in [1.165, 1.54) is 0 Å². The van der Waals surface area contributed by atoms with E-state index in [9.17, 15) is 5.11 Å². The summed E-state index contributed by atoms with van der Waals surface area (Å²) in [6.45, 7) is 4.71. The Labute approximate surface area is 89.7 Å². The van der Waals surface area contributed by atoms with Crippen LogP contribution >= 0.6 is 11.6 Å². The lowest BCUT2D eigenvalue weighted by Gasteiger charge is -2.22. The highest BCUT2D eigenvalue weighted by atomic mass is 35.5. The zero-order valence-corrected chi connectivity index (χ0v) is 9.30. The van der Waals surface area contributed by atoms with Gasteiger partial charge < -0.3 is 10.8 Å². The van der Waals surface area contributed by atoms with Gasteiger partial charge in [-0.1, -0.05) is 37.6 Å². The minimum atomic E-state index is -0.0117. The number of aromatic hydroxyl groups is 1. The second-order valence-electron chi connectivity index (χ2n) is 4.29. The van der Waals surface area contributed by atoms with Gasteiger partial charge in [0.2, 0.25) is 0 Å². The molecule has 0 aliphatic carbocycles. The normalized spacial score (nSPS) is 11.7. The molecule has 14 heavy (non-hydrogen) atoms. The maximum atomic E-state index is 9.68. The second kappa shape index (κ2) is 4.20. The van der Waals surface area contributed by atoms with E-state index < -0.39 is 0 Å². The lowest BCUT2D eigenvalue weighted by molar-refractivity contribution is 0.366. The Hall–Kier alpha value is -0.730. The van der Waals surface area contributed by atoms with E-state index in [2.05, 4.69) is 13.8 Å². The van der Waals surface area contributed by atoms with E-state index in [1.807, 2.05) is 12.1 Å². The molecule has 0 aromatic heterocycles. The number of nitrogens with two attached hydrogens (primary N) is 1. The van der Waals surface area contributed by atoms with Crippen LogP contribution in [0.15, 0.2) is 18.2 Å². The smallest absolute Gasteiger partial charge is 0.137 e. The molecule has 0 aliphatic heterocycles. The molecule has 1 aromatic rings. The number of phenols is 1. The van der Waals surface area contributed by atoms with Crippen LogP contribution < -0.4 is 5.73 Å². The number of halogens is 1. The molecule has 0 spiro atoms. The molecule has 0 fully saturated rings. The van der Waals surface area contributed by atoms with E-state index in [0.29, 0.717) is 11.6 Å². The standard InChI is InChI=1S/C11H16ClNO/c1-11(2,7-13)6-8-4-3-5-9(12)10(8)14/h3-5,14H,6-7,13H2,1-2H3. The number of para-hydroxylation sites is 1. The van der Waals surface area contributed by atoms with E-state index in [-0.39, 0.29) is 11.2 Å². The summed E-state index contributed by atoms with van der Waals surface area (Å²) in [6.07, 6.45) is 0.732. The van der Waals surface area contributed by atoms with Crippen molar-refractivity contribution in [3.8, 4) is 5.75 Å². The summed E-state index contributed by atoms with van der Waals surface area (Å²) in [5.41, 5.74) is 6.47. The topological polar surface area (TPSA) is 46.2 Å². The van der Waals surface area contributed by atoms with Crippen LogP contribution in [0.4, 0.5) is 0 Å². The van der Waals surface area contributed by atoms with Gasteiger partial charge in [0, 0.05) is 0 Å². The summed E-state index contributed by atoms with van der Waals surface area (Å²) >= 11 is 5.80. The number of rotatable bonds is 3. The zero-order chi connectivity index (χ0) is 10.8. The first kappa shape index (κ1) is 11.3. The van der Waals surface area contributed by atoms with Gasteiger partial charge >= 0.3 is 0 Å². The van der Waals surface area contributed by atoms with Crippen LogP contribution in [0, 0.1) is 5.41 Å².